The van der Waals surface area contributed by atoms with Crippen molar-refractivity contribution in [3.63, 3.8) is 0 Å². The summed E-state index contributed by atoms with van der Waals surface area (Å²) in [6, 6.07) is 3.64. The molecule has 30 heavy (non-hydrogen) atoms. The number of rotatable bonds is 3. The molecule has 3 rings (SSSR count). The number of nitro benzene ring substituents is 1. The maximum absolute atomic E-state index is 11.5. The van der Waals surface area contributed by atoms with Crippen LogP contribution >= 0.6 is 0 Å². The topological polar surface area (TPSA) is 212 Å². The Balaban J connectivity index is 2.37. The number of nitro groups is 1. The SMILES string of the molecule is CC(C)c1cc(C2N=C(NC#N)Nc3nc(N)c(C#N)c(N)c32)c(O)c([N+](=O)[O-])c1. The maximum Gasteiger partial charge on any atom is 0.311 e. The van der Waals surface area contributed by atoms with Gasteiger partial charge in [0, 0.05) is 17.2 Å². The van der Waals surface area contributed by atoms with Gasteiger partial charge in [-0.15, -0.1) is 0 Å². The molecule has 12 heteroatoms. The lowest BCUT2D eigenvalue weighted by Crippen LogP contribution is -2.32. The van der Waals surface area contributed by atoms with Gasteiger partial charge in [0.2, 0.25) is 5.96 Å². The number of phenols is 1. The number of anilines is 3. The Labute approximate surface area is 170 Å². The second-order valence-corrected chi connectivity index (χ2v) is 6.79. The number of benzene rings is 1. The molecule has 1 aliphatic heterocycles. The molecule has 0 aliphatic carbocycles. The smallest absolute Gasteiger partial charge is 0.311 e. The van der Waals surface area contributed by atoms with Crippen LogP contribution < -0.4 is 22.1 Å². The van der Waals surface area contributed by atoms with Gasteiger partial charge in [0.25, 0.3) is 0 Å². The lowest BCUT2D eigenvalue weighted by atomic mass is 9.90. The summed E-state index contributed by atoms with van der Waals surface area (Å²) < 4.78 is 0. The first-order chi connectivity index (χ1) is 14.2. The fraction of sp³-hybridized carbons (Fsp3) is 0.222. The van der Waals surface area contributed by atoms with Crippen LogP contribution in [0.5, 0.6) is 5.75 Å². The van der Waals surface area contributed by atoms with E-state index >= 15 is 0 Å². The highest BCUT2D eigenvalue weighted by Crippen LogP contribution is 2.46. The molecule has 0 spiro atoms. The molecule has 0 saturated carbocycles. The van der Waals surface area contributed by atoms with E-state index in [2.05, 4.69) is 20.6 Å². The average molecular weight is 407 g/mol. The molecule has 2 aromatic rings. The summed E-state index contributed by atoms with van der Waals surface area (Å²) in [7, 11) is 0. The van der Waals surface area contributed by atoms with Gasteiger partial charge >= 0.3 is 5.69 Å². The number of nitrogens with one attached hydrogen (secondary N) is 2. The highest BCUT2D eigenvalue weighted by atomic mass is 16.6. The minimum atomic E-state index is -1.09. The van der Waals surface area contributed by atoms with Crippen LogP contribution in [0.3, 0.4) is 0 Å². The van der Waals surface area contributed by atoms with Crippen LogP contribution in [-0.4, -0.2) is 21.0 Å². The summed E-state index contributed by atoms with van der Waals surface area (Å²) in [5, 5.41) is 45.6. The lowest BCUT2D eigenvalue weighted by Gasteiger charge is -2.27. The van der Waals surface area contributed by atoms with E-state index in [9.17, 15) is 20.5 Å². The Bertz CT molecular complexity index is 1180. The molecule has 0 bridgehead atoms. The van der Waals surface area contributed by atoms with Gasteiger partial charge in [0.1, 0.15) is 29.3 Å². The van der Waals surface area contributed by atoms with Gasteiger partial charge in [-0.25, -0.2) is 9.98 Å². The first-order valence-corrected chi connectivity index (χ1v) is 8.69. The number of fused-ring (bicyclic) bond motifs is 1. The number of aromatic nitrogens is 1. The molecule has 1 atom stereocenters. The molecular formula is C18H17N9O3. The minimum absolute atomic E-state index is 0.0250. The summed E-state index contributed by atoms with van der Waals surface area (Å²) >= 11 is 0. The molecule has 152 valence electrons. The Hall–Kier alpha value is -4.58. The standard InChI is InChI=1S/C18H17N9O3/c1-7(2)8-3-9(15(28)11(4-8)27(29)30)14-12-13(21)10(5-19)16(22)25-17(12)26-18(24-14)23-6-20/h3-4,7,14,28H,1-2H3,(H6,21,22,23,24,25,26). The van der Waals surface area contributed by atoms with E-state index in [0.29, 0.717) is 5.56 Å². The van der Waals surface area contributed by atoms with E-state index in [1.165, 1.54) is 6.07 Å². The Morgan fingerprint density at radius 1 is 1.37 bits per heavy atom. The predicted molar refractivity (Wildman–Crippen MR) is 108 cm³/mol. The number of nitrogens with zero attached hydrogens (tertiary/aromatic N) is 5. The summed E-state index contributed by atoms with van der Waals surface area (Å²) in [4.78, 5) is 19.2. The zero-order valence-electron chi connectivity index (χ0n) is 16.0. The second kappa shape index (κ2) is 7.44. The van der Waals surface area contributed by atoms with Crippen molar-refractivity contribution in [1.29, 1.82) is 10.5 Å². The number of hydrogen-bond donors (Lipinski definition) is 5. The van der Waals surface area contributed by atoms with Crippen molar-refractivity contribution in [2.24, 2.45) is 4.99 Å². The van der Waals surface area contributed by atoms with Gasteiger partial charge in [-0.3, -0.25) is 15.4 Å². The number of nitrogen functional groups attached to an aromatic ring is 2. The average Bonchev–Trinajstić information content (AvgIpc) is 2.67. The molecule has 7 N–H and O–H groups in total. The van der Waals surface area contributed by atoms with Crippen LogP contribution in [0.4, 0.5) is 23.0 Å². The zero-order chi connectivity index (χ0) is 22.2. The van der Waals surface area contributed by atoms with Crippen LogP contribution in [0.15, 0.2) is 17.1 Å². The van der Waals surface area contributed by atoms with E-state index in [0.717, 1.165) is 0 Å². The molecule has 1 aliphatic rings. The summed E-state index contributed by atoms with van der Waals surface area (Å²) in [6.07, 6.45) is 1.71. The lowest BCUT2D eigenvalue weighted by molar-refractivity contribution is -0.386. The quantitative estimate of drug-likeness (QED) is 0.215. The normalized spacial score (nSPS) is 14.7. The van der Waals surface area contributed by atoms with Crippen LogP contribution in [0, 0.1) is 32.9 Å². The third-order valence-electron chi connectivity index (χ3n) is 4.66. The van der Waals surface area contributed by atoms with Gasteiger partial charge in [0.15, 0.2) is 11.9 Å². The fourth-order valence-corrected chi connectivity index (χ4v) is 3.15. The number of aliphatic imine (C=N–C) groups is 1. The third kappa shape index (κ3) is 3.22. The first kappa shape index (κ1) is 20.2. The van der Waals surface area contributed by atoms with Crippen LogP contribution in [0.25, 0.3) is 0 Å². The summed E-state index contributed by atoms with van der Waals surface area (Å²) in [6.45, 7) is 3.68. The van der Waals surface area contributed by atoms with Crippen molar-refractivity contribution >= 4 is 29.0 Å². The van der Waals surface area contributed by atoms with E-state index in [1.54, 1.807) is 12.3 Å². The number of guanidine groups is 1. The maximum atomic E-state index is 11.5. The summed E-state index contributed by atoms with van der Waals surface area (Å²) in [5.74, 6) is -0.746. The van der Waals surface area contributed by atoms with Gasteiger partial charge in [-0.1, -0.05) is 13.8 Å². The second-order valence-electron chi connectivity index (χ2n) is 6.79. The summed E-state index contributed by atoms with van der Waals surface area (Å²) in [5.41, 5.74) is 12.2. The number of phenolic OH excluding ortho intramolecular Hbond substituents is 1. The van der Waals surface area contributed by atoms with Crippen molar-refractivity contribution in [3.05, 3.63) is 44.5 Å². The van der Waals surface area contributed by atoms with Crippen molar-refractivity contribution in [2.75, 3.05) is 16.8 Å². The largest absolute Gasteiger partial charge is 0.502 e. The van der Waals surface area contributed by atoms with Crippen molar-refractivity contribution in [2.45, 2.75) is 25.8 Å². The predicted octanol–water partition coefficient (Wildman–Crippen LogP) is 1.80. The van der Waals surface area contributed by atoms with Gasteiger partial charge in [-0.2, -0.15) is 10.5 Å². The molecular weight excluding hydrogens is 390 g/mol. The van der Waals surface area contributed by atoms with Crippen molar-refractivity contribution in [3.8, 4) is 18.0 Å². The molecule has 0 radical (unpaired) electrons. The van der Waals surface area contributed by atoms with Gasteiger partial charge in [-0.05, 0) is 17.5 Å². The molecule has 0 amide bonds. The Morgan fingerprint density at radius 2 is 2.07 bits per heavy atom. The number of pyridine rings is 1. The molecule has 1 unspecified atom stereocenters. The highest BCUT2D eigenvalue weighted by Gasteiger charge is 2.34. The fourth-order valence-electron chi connectivity index (χ4n) is 3.15. The highest BCUT2D eigenvalue weighted by molar-refractivity contribution is 5.98. The number of hydrogen-bond acceptors (Lipinski definition) is 11. The van der Waals surface area contributed by atoms with E-state index in [1.807, 2.05) is 19.9 Å². The molecule has 0 fully saturated rings. The molecule has 1 aromatic carbocycles. The third-order valence-corrected chi connectivity index (χ3v) is 4.66. The monoisotopic (exact) mass is 407 g/mol. The van der Waals surface area contributed by atoms with E-state index < -0.39 is 22.4 Å². The first-order valence-electron chi connectivity index (χ1n) is 8.69. The van der Waals surface area contributed by atoms with E-state index in [-0.39, 0.29) is 45.9 Å². The molecule has 2 heterocycles. The van der Waals surface area contributed by atoms with Crippen molar-refractivity contribution in [1.82, 2.24) is 10.3 Å². The number of nitrogens with two attached hydrogens (primary N) is 2. The van der Waals surface area contributed by atoms with Gasteiger partial charge < -0.3 is 21.9 Å². The molecule has 1 aromatic heterocycles. The molecule has 0 saturated heterocycles. The van der Waals surface area contributed by atoms with Gasteiger partial charge in [0.05, 0.1) is 10.6 Å². The molecule has 12 nitrogen and oxygen atoms in total. The van der Waals surface area contributed by atoms with Crippen LogP contribution in [-0.2, 0) is 0 Å². The Morgan fingerprint density at radius 3 is 2.63 bits per heavy atom. The van der Waals surface area contributed by atoms with E-state index in [4.69, 9.17) is 16.7 Å². The Kier molecular flexibility index (Phi) is 5.00. The van der Waals surface area contributed by atoms with Crippen LogP contribution in [0.1, 0.15) is 48.1 Å². The minimum Gasteiger partial charge on any atom is -0.502 e. The van der Waals surface area contributed by atoms with Crippen LogP contribution in [0.2, 0.25) is 0 Å². The zero-order valence-corrected chi connectivity index (χ0v) is 16.0. The number of aromatic hydroxyl groups is 1. The van der Waals surface area contributed by atoms with Crippen molar-refractivity contribution < 1.29 is 10.0 Å². The number of nitriles is 2.